The molecule has 2 atom stereocenters. The number of carbonyl (C=O) groups excluding carboxylic acids is 3. The first-order chi connectivity index (χ1) is 26.6. The summed E-state index contributed by atoms with van der Waals surface area (Å²) in [5, 5.41) is 11.1. The summed E-state index contributed by atoms with van der Waals surface area (Å²) in [6, 6.07) is 0. The number of fused-ring (bicyclic) bond motifs is 8. The number of aldehydes is 1. The molecule has 4 heterocycles. The van der Waals surface area contributed by atoms with Crippen LogP contribution in [0.3, 0.4) is 0 Å². The van der Waals surface area contributed by atoms with Gasteiger partial charge >= 0.3 is 17.9 Å². The average Bonchev–Trinajstić information content (AvgIpc) is 3.74. The molecule has 0 aromatic carbocycles. The Balaban J connectivity index is 0.00000342. The number of ether oxygens (including phenoxy) is 2. The summed E-state index contributed by atoms with van der Waals surface area (Å²) in [5.41, 5.74) is 9.77. The summed E-state index contributed by atoms with van der Waals surface area (Å²) in [6.45, 7) is 26.2. The predicted molar refractivity (Wildman–Crippen MR) is 222 cm³/mol. The van der Waals surface area contributed by atoms with Gasteiger partial charge in [0.1, 0.15) is 12.2 Å². The van der Waals surface area contributed by atoms with Crippen LogP contribution in [-0.2, 0) is 41.5 Å². The number of rotatable bonds is 10. The maximum absolute atomic E-state index is 13.7. The molecule has 10 nitrogen and oxygen atoms in total. The Morgan fingerprint density at radius 1 is 0.911 bits per heavy atom. The van der Waals surface area contributed by atoms with Crippen LogP contribution in [0.25, 0.3) is 18.2 Å². The number of H-pyrrole nitrogens is 2. The van der Waals surface area contributed by atoms with Crippen molar-refractivity contribution in [3.63, 3.8) is 0 Å². The van der Waals surface area contributed by atoms with E-state index in [2.05, 4.69) is 35.8 Å². The van der Waals surface area contributed by atoms with Crippen molar-refractivity contribution in [1.82, 2.24) is 9.97 Å². The van der Waals surface area contributed by atoms with Gasteiger partial charge in [0.15, 0.2) is 0 Å². The van der Waals surface area contributed by atoms with Crippen molar-refractivity contribution in [2.24, 2.45) is 16.3 Å². The van der Waals surface area contributed by atoms with Gasteiger partial charge in [-0.1, -0.05) is 51.8 Å². The number of aromatic amines is 2. The third kappa shape index (κ3) is 8.01. The molecular formula is C46H53N3O7. The molecule has 5 rings (SSSR count). The Hall–Kier alpha value is -6.03. The van der Waals surface area contributed by atoms with Crippen LogP contribution in [0.15, 0.2) is 93.7 Å². The molecule has 2 aliphatic heterocycles. The van der Waals surface area contributed by atoms with Crippen molar-refractivity contribution < 1.29 is 33.8 Å². The molecule has 1 aliphatic carbocycles. The summed E-state index contributed by atoms with van der Waals surface area (Å²) in [7, 11) is 2.54. The van der Waals surface area contributed by atoms with Crippen molar-refractivity contribution >= 4 is 48.1 Å². The second-order valence-corrected chi connectivity index (χ2v) is 14.0. The number of allylic oxidation sites excluding steroid dienone is 10. The molecule has 0 amide bonds. The summed E-state index contributed by atoms with van der Waals surface area (Å²) in [5.74, 6) is -3.32. The van der Waals surface area contributed by atoms with Crippen LogP contribution >= 0.6 is 0 Å². The second kappa shape index (κ2) is 17.6. The minimum atomic E-state index is -1.18. The van der Waals surface area contributed by atoms with E-state index in [-0.39, 0.29) is 18.4 Å². The Bertz CT molecular complexity index is 2350. The van der Waals surface area contributed by atoms with E-state index in [0.717, 1.165) is 56.6 Å². The van der Waals surface area contributed by atoms with Crippen molar-refractivity contribution in [3.8, 4) is 0 Å². The number of nitrogens with one attached hydrogen (secondary N) is 2. The number of hydrogen-bond donors (Lipinski definition) is 3. The summed E-state index contributed by atoms with van der Waals surface area (Å²) in [6.07, 6.45) is 14.8. The molecule has 3 aliphatic rings. The molecule has 2 aromatic heterocycles. The Labute approximate surface area is 328 Å². The number of aliphatic imine (C=N–C) groups is 1. The molecule has 0 fully saturated rings. The van der Waals surface area contributed by atoms with Crippen molar-refractivity contribution in [2.45, 2.75) is 74.1 Å². The van der Waals surface area contributed by atoms with Crippen LogP contribution in [0, 0.1) is 25.2 Å². The minimum Gasteiger partial charge on any atom is -0.481 e. The molecule has 0 radical (unpaired) electrons. The van der Waals surface area contributed by atoms with E-state index in [4.69, 9.17) is 14.5 Å². The maximum Gasteiger partial charge on any atom is 0.334 e. The normalized spacial score (nSPS) is 23.2. The number of carbonyl (C=O) groups is 4. The first-order valence-corrected chi connectivity index (χ1v) is 18.7. The lowest BCUT2D eigenvalue weighted by Gasteiger charge is -2.37. The highest BCUT2D eigenvalue weighted by atomic mass is 16.5. The van der Waals surface area contributed by atoms with Crippen LogP contribution < -0.4 is 10.7 Å². The number of hydrogen-bond acceptors (Lipinski definition) is 7. The third-order valence-electron chi connectivity index (χ3n) is 10.9. The van der Waals surface area contributed by atoms with Gasteiger partial charge in [0.25, 0.3) is 0 Å². The zero-order valence-corrected chi connectivity index (χ0v) is 34.0. The van der Waals surface area contributed by atoms with E-state index in [0.29, 0.717) is 51.7 Å². The molecule has 2 aromatic rings. The van der Waals surface area contributed by atoms with Crippen LogP contribution in [0.4, 0.5) is 0 Å². The molecule has 10 heteroatoms. The fourth-order valence-corrected chi connectivity index (χ4v) is 7.67. The average molecular weight is 760 g/mol. The van der Waals surface area contributed by atoms with E-state index in [1.807, 2.05) is 66.7 Å². The maximum atomic E-state index is 13.7. The van der Waals surface area contributed by atoms with Gasteiger partial charge in [0, 0.05) is 28.5 Å². The number of methoxy groups -OCH3 is 2. The van der Waals surface area contributed by atoms with E-state index >= 15 is 0 Å². The van der Waals surface area contributed by atoms with Crippen LogP contribution in [0.2, 0.25) is 0 Å². The van der Waals surface area contributed by atoms with E-state index < -0.39 is 29.2 Å². The zero-order chi connectivity index (χ0) is 41.6. The van der Waals surface area contributed by atoms with Crippen LogP contribution in [0.5, 0.6) is 0 Å². The Kier molecular flexibility index (Phi) is 13.4. The van der Waals surface area contributed by atoms with Gasteiger partial charge < -0.3 is 24.5 Å². The van der Waals surface area contributed by atoms with Gasteiger partial charge in [-0.15, -0.1) is 0 Å². The van der Waals surface area contributed by atoms with Crippen LogP contribution in [0.1, 0.15) is 81.1 Å². The minimum absolute atomic E-state index is 0.101. The van der Waals surface area contributed by atoms with E-state index in [9.17, 15) is 24.3 Å². The highest BCUT2D eigenvalue weighted by Crippen LogP contribution is 2.52. The molecular weight excluding hydrogens is 707 g/mol. The fraction of sp³-hybridized carbons (Fsp3) is 0.326. The summed E-state index contributed by atoms with van der Waals surface area (Å²) in [4.78, 5) is 62.4. The molecule has 0 saturated carbocycles. The monoisotopic (exact) mass is 759 g/mol. The molecule has 0 spiro atoms. The van der Waals surface area contributed by atoms with Gasteiger partial charge in [-0.3, -0.25) is 19.4 Å². The molecule has 6 bridgehead atoms. The second-order valence-electron chi connectivity index (χ2n) is 14.0. The Morgan fingerprint density at radius 2 is 1.59 bits per heavy atom. The number of aliphatic carboxylic acids is 1. The van der Waals surface area contributed by atoms with Crippen molar-refractivity contribution in [3.05, 3.63) is 133 Å². The lowest BCUT2D eigenvalue weighted by Crippen LogP contribution is -2.44. The van der Waals surface area contributed by atoms with Gasteiger partial charge in [0.05, 0.1) is 36.6 Å². The predicted octanol–water partition coefficient (Wildman–Crippen LogP) is 6.95. The highest BCUT2D eigenvalue weighted by Gasteiger charge is 2.54. The van der Waals surface area contributed by atoms with Gasteiger partial charge in [-0.05, 0) is 134 Å². The standard InChI is InChI=1S/C44H47N3O7.C2H6/c1-11-29-25(4)19-34-27(6)30(13-12-23(2)22-48)36(45-34)20-37-31(15-17-40(49)50)28(7)35(46-37)21-39-44(8)33(38(47-39)18-24(3)26(29)5)16-14-32(42(51)53-9)41(44)43(52)54-10;1-2/h11,14,16,18-22,41,45-46H,1-3,12-13,15,17H2,4-10H3,(H,49,50);1-2H3/b25-19+,29-26-,35-21-,37-20-,38-18-;/t41-,44+;/m0./s1. The number of carboxylic acids is 1. The fourth-order valence-electron chi connectivity index (χ4n) is 7.67. The molecule has 294 valence electrons. The van der Waals surface area contributed by atoms with Crippen LogP contribution in [-0.4, -0.2) is 59.2 Å². The largest absolute Gasteiger partial charge is 0.481 e. The number of nitrogens with zero attached hydrogens (tertiary/aromatic N) is 1. The van der Waals surface area contributed by atoms with Crippen molar-refractivity contribution in [1.29, 1.82) is 0 Å². The molecule has 0 saturated heterocycles. The van der Waals surface area contributed by atoms with Gasteiger partial charge in [-0.2, -0.15) is 0 Å². The summed E-state index contributed by atoms with van der Waals surface area (Å²) >= 11 is 0. The number of carboxylic acid groups (broad SMARTS) is 1. The number of aromatic nitrogens is 2. The lowest BCUT2D eigenvalue weighted by atomic mass is 9.63. The highest BCUT2D eigenvalue weighted by molar-refractivity contribution is 6.20. The molecule has 3 N–H and O–H groups in total. The van der Waals surface area contributed by atoms with Gasteiger partial charge in [-0.25, -0.2) is 4.79 Å². The van der Waals surface area contributed by atoms with Crippen molar-refractivity contribution in [2.75, 3.05) is 14.2 Å². The topological polar surface area (TPSA) is 151 Å². The molecule has 56 heavy (non-hydrogen) atoms. The quantitative estimate of drug-likeness (QED) is 0.135. The summed E-state index contributed by atoms with van der Waals surface area (Å²) < 4.78 is 10.4. The molecule has 0 unspecified atom stereocenters. The number of esters is 2. The SMILES string of the molecule is C=CC1=C(\C)C(=C)\C=C2/N=C(/C=c3\[nH]/c(c(CCC(=O)O)c3C)=C\c3[nH]c(c(C)c3CCC(=C)C=O)\C=C\1C)[C@@]1(C)C2=CC=C(C(=O)OC)[C@H]1C(=O)OC.CC. The first kappa shape index (κ1) is 42.7. The smallest absolute Gasteiger partial charge is 0.334 e. The van der Waals surface area contributed by atoms with E-state index in [1.54, 1.807) is 18.2 Å². The zero-order valence-electron chi connectivity index (χ0n) is 34.0. The van der Waals surface area contributed by atoms with E-state index in [1.165, 1.54) is 14.2 Å². The third-order valence-corrected chi connectivity index (χ3v) is 10.9. The Morgan fingerprint density at radius 3 is 2.20 bits per heavy atom. The lowest BCUT2D eigenvalue weighted by molar-refractivity contribution is -0.149. The van der Waals surface area contributed by atoms with Gasteiger partial charge in [0.2, 0.25) is 0 Å². The first-order valence-electron chi connectivity index (χ1n) is 18.7.